The van der Waals surface area contributed by atoms with Crippen LogP contribution < -0.4 is 18.7 Å². The fraction of sp³-hybridized carbons (Fsp3) is 0.483. The topological polar surface area (TPSA) is 98.4 Å². The number of phenolic OH excluding ortho intramolecular Hbond substituents is 1. The molecule has 208 valence electrons. The van der Waals surface area contributed by atoms with Gasteiger partial charge in [-0.2, -0.15) is 0 Å². The summed E-state index contributed by atoms with van der Waals surface area (Å²) in [6, 6.07) is 8.43. The van der Waals surface area contributed by atoms with Gasteiger partial charge in [0, 0.05) is 23.3 Å². The monoisotopic (exact) mass is 606 g/mol. The minimum Gasteiger partial charge on any atom is -0.507 e. The molecule has 0 unspecified atom stereocenters. The molecule has 2 aromatic carbocycles. The molecule has 3 aromatic rings. The molecular formula is C29H39BrO7Si. The van der Waals surface area contributed by atoms with Crippen LogP contribution in [0.25, 0.3) is 22.3 Å². The van der Waals surface area contributed by atoms with E-state index in [1.54, 1.807) is 24.3 Å². The van der Waals surface area contributed by atoms with Crippen LogP contribution in [0.1, 0.15) is 58.9 Å². The lowest BCUT2D eigenvalue weighted by molar-refractivity contribution is 0.302. The Morgan fingerprint density at radius 1 is 1.00 bits per heavy atom. The zero-order valence-corrected chi connectivity index (χ0v) is 25.7. The number of hydrogen-bond acceptors (Lipinski definition) is 7. The molecule has 0 bridgehead atoms. The van der Waals surface area contributed by atoms with Crippen molar-refractivity contribution in [1.29, 1.82) is 0 Å². The highest BCUT2D eigenvalue weighted by Gasteiger charge is 2.40. The van der Waals surface area contributed by atoms with Gasteiger partial charge in [-0.05, 0) is 55.6 Å². The zero-order chi connectivity index (χ0) is 28.1. The van der Waals surface area contributed by atoms with E-state index in [0.717, 1.165) is 25.7 Å². The van der Waals surface area contributed by atoms with Crippen molar-refractivity contribution in [2.75, 3.05) is 13.2 Å². The Bertz CT molecular complexity index is 1310. The van der Waals surface area contributed by atoms with Gasteiger partial charge >= 0.3 is 0 Å². The van der Waals surface area contributed by atoms with Gasteiger partial charge < -0.3 is 27.6 Å². The van der Waals surface area contributed by atoms with Gasteiger partial charge in [0.25, 0.3) is 0 Å². The highest BCUT2D eigenvalue weighted by atomic mass is 79.9. The third kappa shape index (κ3) is 6.73. The SMILES string of the molecule is CCCCOc1cc(O)c2c(=O)c(CC(C)(C)[Si](C)(C)O)c(-c3ccc(OBr)c(OCCCC)c3)oc2c1. The Kier molecular flexibility index (Phi) is 9.94. The molecule has 0 aliphatic carbocycles. The first-order chi connectivity index (χ1) is 17.9. The second-order valence-electron chi connectivity index (χ2n) is 10.8. The molecule has 38 heavy (non-hydrogen) atoms. The second kappa shape index (κ2) is 12.6. The van der Waals surface area contributed by atoms with Crippen LogP contribution in [0.15, 0.2) is 39.5 Å². The van der Waals surface area contributed by atoms with E-state index in [1.165, 1.54) is 6.07 Å². The van der Waals surface area contributed by atoms with E-state index >= 15 is 0 Å². The van der Waals surface area contributed by atoms with Gasteiger partial charge in [0.05, 0.1) is 13.2 Å². The van der Waals surface area contributed by atoms with E-state index in [9.17, 15) is 14.7 Å². The first kappa shape index (κ1) is 30.1. The van der Waals surface area contributed by atoms with Crippen molar-refractivity contribution in [2.24, 2.45) is 0 Å². The summed E-state index contributed by atoms with van der Waals surface area (Å²) in [7, 11) is -2.68. The maximum absolute atomic E-state index is 13.9. The van der Waals surface area contributed by atoms with Gasteiger partial charge in [0.15, 0.2) is 41.5 Å². The van der Waals surface area contributed by atoms with Crippen molar-refractivity contribution in [3.05, 3.63) is 46.1 Å². The lowest BCUT2D eigenvalue weighted by atomic mass is 9.95. The first-order valence-corrected chi connectivity index (χ1v) is 16.8. The number of halogens is 1. The molecule has 1 aromatic heterocycles. The minimum atomic E-state index is -2.68. The summed E-state index contributed by atoms with van der Waals surface area (Å²) in [5.74, 6) is 1.61. The lowest BCUT2D eigenvalue weighted by Gasteiger charge is -2.35. The zero-order valence-electron chi connectivity index (χ0n) is 23.2. The Morgan fingerprint density at radius 3 is 2.26 bits per heavy atom. The molecule has 3 rings (SSSR count). The maximum atomic E-state index is 13.9. The highest BCUT2D eigenvalue weighted by Crippen LogP contribution is 2.43. The Hall–Kier alpha value is -2.49. The average molecular weight is 608 g/mol. The minimum absolute atomic E-state index is 0.0969. The molecule has 0 spiro atoms. The molecule has 0 radical (unpaired) electrons. The smallest absolute Gasteiger partial charge is 0.200 e. The fourth-order valence-electron chi connectivity index (χ4n) is 3.93. The molecule has 0 saturated carbocycles. The number of hydrogen-bond donors (Lipinski definition) is 2. The highest BCUT2D eigenvalue weighted by molar-refractivity contribution is 9.06. The van der Waals surface area contributed by atoms with E-state index in [2.05, 4.69) is 30.1 Å². The molecule has 0 amide bonds. The van der Waals surface area contributed by atoms with E-state index in [-0.39, 0.29) is 28.6 Å². The Balaban J connectivity index is 2.26. The summed E-state index contributed by atoms with van der Waals surface area (Å²) in [6.45, 7) is 12.8. The van der Waals surface area contributed by atoms with E-state index in [4.69, 9.17) is 17.7 Å². The molecule has 0 saturated heterocycles. The third-order valence-corrected chi connectivity index (χ3v) is 11.0. The maximum Gasteiger partial charge on any atom is 0.200 e. The Morgan fingerprint density at radius 2 is 1.66 bits per heavy atom. The number of benzene rings is 2. The summed E-state index contributed by atoms with van der Waals surface area (Å²) in [5.41, 5.74) is 0.912. The molecule has 1 heterocycles. The van der Waals surface area contributed by atoms with Gasteiger partial charge in [-0.3, -0.25) is 4.79 Å². The van der Waals surface area contributed by atoms with Crippen LogP contribution in [-0.2, 0) is 6.42 Å². The molecular weight excluding hydrogens is 568 g/mol. The van der Waals surface area contributed by atoms with Crippen molar-refractivity contribution in [1.82, 2.24) is 0 Å². The fourth-order valence-corrected chi connectivity index (χ4v) is 4.81. The average Bonchev–Trinajstić information content (AvgIpc) is 2.85. The predicted molar refractivity (Wildman–Crippen MR) is 157 cm³/mol. The van der Waals surface area contributed by atoms with Gasteiger partial charge in [-0.25, -0.2) is 0 Å². The van der Waals surface area contributed by atoms with Crippen molar-refractivity contribution in [3.8, 4) is 34.3 Å². The van der Waals surface area contributed by atoms with Crippen molar-refractivity contribution < 1.29 is 27.6 Å². The molecule has 0 fully saturated rings. The van der Waals surface area contributed by atoms with Crippen molar-refractivity contribution in [3.63, 3.8) is 0 Å². The van der Waals surface area contributed by atoms with Crippen LogP contribution in [0, 0.1) is 0 Å². The van der Waals surface area contributed by atoms with E-state index in [0.29, 0.717) is 47.3 Å². The van der Waals surface area contributed by atoms with Crippen LogP contribution in [0.5, 0.6) is 23.0 Å². The van der Waals surface area contributed by atoms with Gasteiger partial charge in [-0.15, -0.1) is 0 Å². The molecule has 0 aliphatic heterocycles. The Labute approximate surface area is 234 Å². The standard InChI is InChI=1S/C29H39BrO7Si/c1-7-9-13-34-20-16-22(31)26-25(17-20)36-28(21(27(26)32)18-29(3,4)38(5,6)33)19-11-12-23(37-30)24(15-19)35-14-10-8-2/h11-12,15-17,31,33H,7-10,13-14,18H2,1-6H3. The second-order valence-corrected chi connectivity index (χ2v) is 15.6. The van der Waals surface area contributed by atoms with Crippen molar-refractivity contribution >= 4 is 35.5 Å². The normalized spacial score (nSPS) is 12.1. The lowest BCUT2D eigenvalue weighted by Crippen LogP contribution is -2.41. The molecule has 0 aliphatic rings. The number of unbranched alkanes of at least 4 members (excludes halogenated alkanes) is 2. The molecule has 7 nitrogen and oxygen atoms in total. The summed E-state index contributed by atoms with van der Waals surface area (Å²) in [4.78, 5) is 24.9. The number of ether oxygens (including phenoxy) is 2. The van der Waals surface area contributed by atoms with Crippen LogP contribution >= 0.6 is 16.3 Å². The first-order valence-electron chi connectivity index (χ1n) is 13.2. The van der Waals surface area contributed by atoms with Gasteiger partial charge in [-0.1, -0.05) is 40.5 Å². The van der Waals surface area contributed by atoms with E-state index in [1.807, 2.05) is 26.9 Å². The molecule has 9 heteroatoms. The number of fused-ring (bicyclic) bond motifs is 1. The number of phenols is 1. The summed E-state index contributed by atoms with van der Waals surface area (Å²) >= 11 is 3.04. The summed E-state index contributed by atoms with van der Waals surface area (Å²) < 4.78 is 23.5. The summed E-state index contributed by atoms with van der Waals surface area (Å²) in [5, 5.41) is 10.4. The molecule has 2 N–H and O–H groups in total. The van der Waals surface area contributed by atoms with Gasteiger partial charge in [0.1, 0.15) is 28.2 Å². The summed E-state index contributed by atoms with van der Waals surface area (Å²) in [6.07, 6.45) is 3.97. The number of rotatable bonds is 13. The van der Waals surface area contributed by atoms with E-state index < -0.39 is 13.4 Å². The van der Waals surface area contributed by atoms with Crippen molar-refractivity contribution in [2.45, 2.75) is 77.9 Å². The third-order valence-electron chi connectivity index (χ3n) is 7.13. The van der Waals surface area contributed by atoms with Crippen LogP contribution in [0.2, 0.25) is 18.1 Å². The largest absolute Gasteiger partial charge is 0.507 e. The van der Waals surface area contributed by atoms with Crippen LogP contribution in [0.4, 0.5) is 0 Å². The van der Waals surface area contributed by atoms with Gasteiger partial charge in [0.2, 0.25) is 0 Å². The quantitative estimate of drug-likeness (QED) is 0.152. The number of aromatic hydroxyl groups is 1. The van der Waals surface area contributed by atoms with Crippen LogP contribution in [-0.4, -0.2) is 31.4 Å². The predicted octanol–water partition coefficient (Wildman–Crippen LogP) is 7.73. The molecule has 0 atom stereocenters. The van der Waals surface area contributed by atoms with Crippen LogP contribution in [0.3, 0.4) is 0 Å².